The number of hydrogen-bond acceptors (Lipinski definition) is 3. The average molecular weight is 319 g/mol. The highest BCUT2D eigenvalue weighted by atomic mass is 79.9. The molecule has 5 heteroatoms. The van der Waals surface area contributed by atoms with Crippen molar-refractivity contribution in [1.82, 2.24) is 0 Å². The van der Waals surface area contributed by atoms with E-state index in [9.17, 15) is 4.39 Å². The van der Waals surface area contributed by atoms with Gasteiger partial charge in [0, 0.05) is 19.3 Å². The van der Waals surface area contributed by atoms with Gasteiger partial charge in [0.25, 0.3) is 0 Å². The lowest BCUT2D eigenvalue weighted by Gasteiger charge is -2.38. The average Bonchev–Trinajstić information content (AvgIpc) is 2.33. The van der Waals surface area contributed by atoms with E-state index < -0.39 is 0 Å². The second-order valence-corrected chi connectivity index (χ2v) is 5.56. The molecule has 3 N–H and O–H groups in total. The zero-order valence-electron chi connectivity index (χ0n) is 11.0. The molecule has 0 aromatic heterocycles. The summed E-state index contributed by atoms with van der Waals surface area (Å²) in [7, 11) is 1.65. The summed E-state index contributed by atoms with van der Waals surface area (Å²) in [5, 5.41) is 3.36. The maximum absolute atomic E-state index is 13.2. The van der Waals surface area contributed by atoms with Crippen molar-refractivity contribution in [1.29, 1.82) is 0 Å². The predicted octanol–water partition coefficient (Wildman–Crippen LogP) is 3.00. The summed E-state index contributed by atoms with van der Waals surface area (Å²) >= 11 is 3.17. The van der Waals surface area contributed by atoms with Gasteiger partial charge >= 0.3 is 0 Å². The molecule has 0 heterocycles. The Hall–Kier alpha value is -0.650. The van der Waals surface area contributed by atoms with Crippen molar-refractivity contribution < 1.29 is 9.13 Å². The molecule has 1 rings (SSSR count). The third-order valence-electron chi connectivity index (χ3n) is 3.18. The van der Waals surface area contributed by atoms with E-state index in [1.807, 2.05) is 0 Å². The van der Waals surface area contributed by atoms with Gasteiger partial charge in [-0.2, -0.15) is 0 Å². The van der Waals surface area contributed by atoms with Gasteiger partial charge in [-0.05, 0) is 40.0 Å². The van der Waals surface area contributed by atoms with E-state index in [2.05, 4.69) is 35.1 Å². The highest BCUT2D eigenvalue weighted by molar-refractivity contribution is 9.10. The minimum Gasteiger partial charge on any atom is -0.382 e. The van der Waals surface area contributed by atoms with Crippen LogP contribution in [0.5, 0.6) is 0 Å². The van der Waals surface area contributed by atoms with Gasteiger partial charge < -0.3 is 15.8 Å². The summed E-state index contributed by atoms with van der Waals surface area (Å²) in [5.41, 5.74) is 6.35. The Balaban J connectivity index is 2.98. The molecule has 1 aromatic rings. The second kappa shape index (κ2) is 6.50. The number of nitrogens with two attached hydrogens (primary N) is 1. The maximum Gasteiger partial charge on any atom is 0.137 e. The molecule has 0 saturated carbocycles. The Labute approximate surface area is 116 Å². The first-order chi connectivity index (χ1) is 8.45. The molecule has 18 heavy (non-hydrogen) atoms. The normalized spacial score (nSPS) is 14.6. The molecule has 1 aromatic carbocycles. The van der Waals surface area contributed by atoms with Crippen LogP contribution < -0.4 is 11.1 Å². The summed E-state index contributed by atoms with van der Waals surface area (Å²) in [6.07, 6.45) is 0. The molecular formula is C13H20BrFN2O. The Morgan fingerprint density at radius 1 is 1.50 bits per heavy atom. The Bertz CT molecular complexity index is 401. The van der Waals surface area contributed by atoms with Crippen LogP contribution in [0.25, 0.3) is 0 Å². The van der Waals surface area contributed by atoms with Crippen molar-refractivity contribution >= 4 is 21.6 Å². The second-order valence-electron chi connectivity index (χ2n) is 4.70. The van der Waals surface area contributed by atoms with Crippen LogP contribution >= 0.6 is 15.9 Å². The van der Waals surface area contributed by atoms with E-state index in [1.165, 1.54) is 6.07 Å². The number of rotatable bonds is 6. The number of ether oxygens (including phenoxy) is 1. The molecule has 1 unspecified atom stereocenters. The van der Waals surface area contributed by atoms with Crippen LogP contribution in [0.15, 0.2) is 22.7 Å². The van der Waals surface area contributed by atoms with Gasteiger partial charge in [-0.15, -0.1) is 0 Å². The van der Waals surface area contributed by atoms with Gasteiger partial charge in [-0.1, -0.05) is 13.8 Å². The number of halogens is 2. The molecule has 0 spiro atoms. The summed E-state index contributed by atoms with van der Waals surface area (Å²) in [6.45, 7) is 5.10. The van der Waals surface area contributed by atoms with Crippen molar-refractivity contribution in [2.45, 2.75) is 19.4 Å². The van der Waals surface area contributed by atoms with Crippen LogP contribution in [-0.4, -0.2) is 25.8 Å². The Kier molecular flexibility index (Phi) is 5.56. The highest BCUT2D eigenvalue weighted by Crippen LogP contribution is 2.26. The number of benzene rings is 1. The Morgan fingerprint density at radius 3 is 2.61 bits per heavy atom. The summed E-state index contributed by atoms with van der Waals surface area (Å²) in [6, 6.07) is 4.82. The van der Waals surface area contributed by atoms with Crippen LogP contribution in [0.2, 0.25) is 0 Å². The lowest BCUT2D eigenvalue weighted by Crippen LogP contribution is -2.53. The fraction of sp³-hybridized carbons (Fsp3) is 0.538. The minimum absolute atomic E-state index is 0.282. The quantitative estimate of drug-likeness (QED) is 0.847. The molecule has 0 radical (unpaired) electrons. The fourth-order valence-electron chi connectivity index (χ4n) is 1.81. The van der Waals surface area contributed by atoms with Crippen LogP contribution in [0, 0.1) is 11.7 Å². The maximum atomic E-state index is 13.2. The smallest absolute Gasteiger partial charge is 0.137 e. The van der Waals surface area contributed by atoms with Gasteiger partial charge in [0.2, 0.25) is 0 Å². The molecule has 1 atom stereocenters. The van der Waals surface area contributed by atoms with Gasteiger partial charge in [-0.3, -0.25) is 0 Å². The van der Waals surface area contributed by atoms with Crippen molar-refractivity contribution in [3.63, 3.8) is 0 Å². The largest absolute Gasteiger partial charge is 0.382 e. The Morgan fingerprint density at radius 2 is 2.17 bits per heavy atom. The highest BCUT2D eigenvalue weighted by Gasteiger charge is 2.32. The van der Waals surface area contributed by atoms with Crippen molar-refractivity contribution in [2.24, 2.45) is 11.7 Å². The lowest BCUT2D eigenvalue weighted by molar-refractivity contribution is 0.121. The van der Waals surface area contributed by atoms with Crippen molar-refractivity contribution in [3.05, 3.63) is 28.5 Å². The molecule has 3 nitrogen and oxygen atoms in total. The molecule has 0 bridgehead atoms. The number of methoxy groups -OCH3 is 1. The molecule has 0 aliphatic carbocycles. The lowest BCUT2D eigenvalue weighted by atomic mass is 9.86. The van der Waals surface area contributed by atoms with E-state index in [-0.39, 0.29) is 17.3 Å². The number of anilines is 1. The third kappa shape index (κ3) is 3.43. The topological polar surface area (TPSA) is 47.3 Å². The molecule has 0 fully saturated rings. The van der Waals surface area contributed by atoms with E-state index in [0.29, 0.717) is 17.6 Å². The predicted molar refractivity (Wildman–Crippen MR) is 76.2 cm³/mol. The van der Waals surface area contributed by atoms with Crippen molar-refractivity contribution in [3.8, 4) is 0 Å². The third-order valence-corrected chi connectivity index (χ3v) is 3.79. The summed E-state index contributed by atoms with van der Waals surface area (Å²) in [4.78, 5) is 0. The van der Waals surface area contributed by atoms with Gasteiger partial charge in [0.05, 0.1) is 16.6 Å². The zero-order valence-corrected chi connectivity index (χ0v) is 12.6. The van der Waals surface area contributed by atoms with E-state index in [1.54, 1.807) is 19.2 Å². The molecule has 0 aliphatic rings. The molecular weight excluding hydrogens is 299 g/mol. The minimum atomic E-state index is -0.355. The van der Waals surface area contributed by atoms with Crippen LogP contribution in [0.3, 0.4) is 0 Å². The van der Waals surface area contributed by atoms with Crippen LogP contribution in [0.4, 0.5) is 10.1 Å². The summed E-state index contributed by atoms with van der Waals surface area (Å²) in [5.74, 6) is 0.00136. The first-order valence-electron chi connectivity index (χ1n) is 5.87. The van der Waals surface area contributed by atoms with Gasteiger partial charge in [0.1, 0.15) is 5.82 Å². The first-order valence-corrected chi connectivity index (χ1v) is 6.66. The molecule has 0 aliphatic heterocycles. The van der Waals surface area contributed by atoms with Gasteiger partial charge in [0.15, 0.2) is 0 Å². The van der Waals surface area contributed by atoms with E-state index in [4.69, 9.17) is 10.5 Å². The monoisotopic (exact) mass is 318 g/mol. The molecule has 0 amide bonds. The fourth-order valence-corrected chi connectivity index (χ4v) is 2.19. The van der Waals surface area contributed by atoms with Crippen LogP contribution in [-0.2, 0) is 4.74 Å². The first kappa shape index (κ1) is 15.4. The van der Waals surface area contributed by atoms with Crippen molar-refractivity contribution in [2.75, 3.05) is 25.6 Å². The zero-order chi connectivity index (χ0) is 13.8. The molecule has 0 saturated heterocycles. The standard InChI is InChI=1S/C13H20BrFN2O/c1-9(2)13(7-16,8-18-3)17-10-4-5-12(15)11(14)6-10/h4-6,9,17H,7-8,16H2,1-3H3. The molecule has 102 valence electrons. The summed E-state index contributed by atoms with van der Waals surface area (Å²) < 4.78 is 18.9. The van der Waals surface area contributed by atoms with Gasteiger partial charge in [-0.25, -0.2) is 4.39 Å². The SMILES string of the molecule is COCC(CN)(Nc1ccc(F)c(Br)c1)C(C)C. The number of nitrogens with one attached hydrogen (secondary N) is 1. The van der Waals surface area contributed by atoms with E-state index >= 15 is 0 Å². The number of hydrogen-bond donors (Lipinski definition) is 2. The van der Waals surface area contributed by atoms with Crippen LogP contribution in [0.1, 0.15) is 13.8 Å². The van der Waals surface area contributed by atoms with E-state index in [0.717, 1.165) is 5.69 Å².